The number of aromatic nitrogens is 1. The van der Waals surface area contributed by atoms with E-state index in [1.807, 2.05) is 18.2 Å². The molecular formula is C15H11NO3. The molecule has 0 amide bonds. The molecule has 4 nitrogen and oxygen atoms in total. The summed E-state index contributed by atoms with van der Waals surface area (Å²) in [5.74, 6) is 0.544. The lowest BCUT2D eigenvalue weighted by atomic mass is 10.1. The van der Waals surface area contributed by atoms with Crippen molar-refractivity contribution in [3.05, 3.63) is 59.1 Å². The molecule has 0 spiro atoms. The van der Waals surface area contributed by atoms with Gasteiger partial charge in [0, 0.05) is 11.6 Å². The molecule has 94 valence electrons. The minimum atomic E-state index is -0.421. The van der Waals surface area contributed by atoms with E-state index in [-0.39, 0.29) is 0 Å². The first-order valence-corrected chi connectivity index (χ1v) is 5.82. The highest BCUT2D eigenvalue weighted by Gasteiger charge is 2.11. The molecule has 0 unspecified atom stereocenters. The Hall–Kier alpha value is -2.62. The third-order valence-electron chi connectivity index (χ3n) is 2.88. The Balaban J connectivity index is 2.30. The normalized spacial score (nSPS) is 10.6. The van der Waals surface area contributed by atoms with Crippen LogP contribution in [0.4, 0.5) is 0 Å². The molecule has 0 bridgehead atoms. The lowest BCUT2D eigenvalue weighted by molar-refractivity contribution is 0.407. The highest BCUT2D eigenvalue weighted by Crippen LogP contribution is 2.26. The molecular weight excluding hydrogens is 242 g/mol. The van der Waals surface area contributed by atoms with Gasteiger partial charge < -0.3 is 9.15 Å². The predicted molar refractivity (Wildman–Crippen MR) is 72.3 cm³/mol. The van der Waals surface area contributed by atoms with Crippen molar-refractivity contribution in [2.24, 2.45) is 0 Å². The van der Waals surface area contributed by atoms with E-state index in [1.54, 1.807) is 37.6 Å². The topological polar surface area (TPSA) is 52.3 Å². The highest BCUT2D eigenvalue weighted by atomic mass is 16.5. The fourth-order valence-electron chi connectivity index (χ4n) is 1.98. The summed E-state index contributed by atoms with van der Waals surface area (Å²) < 4.78 is 10.5. The second-order valence-corrected chi connectivity index (χ2v) is 4.04. The minimum absolute atomic E-state index is 0.421. The Labute approximate surface area is 109 Å². The van der Waals surface area contributed by atoms with E-state index in [4.69, 9.17) is 9.15 Å². The molecule has 0 aliphatic rings. The van der Waals surface area contributed by atoms with Gasteiger partial charge in [-0.1, -0.05) is 18.2 Å². The average molecular weight is 253 g/mol. The second kappa shape index (κ2) is 4.57. The fraction of sp³-hybridized carbons (Fsp3) is 0.0667. The first-order chi connectivity index (χ1) is 9.29. The van der Waals surface area contributed by atoms with E-state index in [2.05, 4.69) is 4.98 Å². The SMILES string of the molecule is COc1cccc2cc(-c3ccccn3)c(=O)oc12. The number of hydrogen-bond donors (Lipinski definition) is 0. The molecule has 0 saturated heterocycles. The third-order valence-corrected chi connectivity index (χ3v) is 2.88. The predicted octanol–water partition coefficient (Wildman–Crippen LogP) is 2.86. The number of hydrogen-bond acceptors (Lipinski definition) is 4. The zero-order valence-corrected chi connectivity index (χ0v) is 10.3. The zero-order chi connectivity index (χ0) is 13.2. The van der Waals surface area contributed by atoms with Crippen molar-refractivity contribution in [2.75, 3.05) is 7.11 Å². The highest BCUT2D eigenvalue weighted by molar-refractivity contribution is 5.85. The standard InChI is InChI=1S/C15H11NO3/c1-18-13-7-4-5-10-9-11(15(17)19-14(10)13)12-6-2-3-8-16-12/h2-9H,1H3. The van der Waals surface area contributed by atoms with Crippen molar-refractivity contribution in [2.45, 2.75) is 0 Å². The van der Waals surface area contributed by atoms with Crippen LogP contribution < -0.4 is 10.4 Å². The maximum atomic E-state index is 12.0. The molecule has 0 radical (unpaired) electrons. The number of ether oxygens (including phenoxy) is 1. The van der Waals surface area contributed by atoms with Crippen LogP contribution in [0, 0.1) is 0 Å². The van der Waals surface area contributed by atoms with Gasteiger partial charge in [-0.25, -0.2) is 4.79 Å². The number of pyridine rings is 1. The van der Waals surface area contributed by atoms with Gasteiger partial charge >= 0.3 is 5.63 Å². The number of rotatable bonds is 2. The first kappa shape index (κ1) is 11.5. The van der Waals surface area contributed by atoms with Crippen molar-refractivity contribution in [3.63, 3.8) is 0 Å². The third kappa shape index (κ3) is 1.97. The van der Waals surface area contributed by atoms with Crippen molar-refractivity contribution in [1.29, 1.82) is 0 Å². The number of nitrogens with zero attached hydrogens (tertiary/aromatic N) is 1. The van der Waals surface area contributed by atoms with Crippen LogP contribution in [0.15, 0.2) is 57.9 Å². The van der Waals surface area contributed by atoms with Gasteiger partial charge in [0.25, 0.3) is 0 Å². The summed E-state index contributed by atoms with van der Waals surface area (Å²) in [4.78, 5) is 16.2. The summed E-state index contributed by atoms with van der Waals surface area (Å²) in [5.41, 5.74) is 1.08. The largest absolute Gasteiger partial charge is 0.493 e. The molecule has 0 atom stereocenters. The zero-order valence-electron chi connectivity index (χ0n) is 10.3. The molecule has 3 aromatic rings. The van der Waals surface area contributed by atoms with Crippen LogP contribution in [0.25, 0.3) is 22.2 Å². The number of para-hydroxylation sites is 1. The Kier molecular flexibility index (Phi) is 2.76. The van der Waals surface area contributed by atoms with Crippen molar-refractivity contribution in [1.82, 2.24) is 4.98 Å². The molecule has 1 aromatic carbocycles. The van der Waals surface area contributed by atoms with Crippen LogP contribution in [0.3, 0.4) is 0 Å². The smallest absolute Gasteiger partial charge is 0.345 e. The van der Waals surface area contributed by atoms with Crippen LogP contribution in [-0.4, -0.2) is 12.1 Å². The molecule has 0 saturated carbocycles. The maximum absolute atomic E-state index is 12.0. The average Bonchev–Trinajstić information content (AvgIpc) is 2.47. The minimum Gasteiger partial charge on any atom is -0.493 e. The molecule has 4 heteroatoms. The fourth-order valence-corrected chi connectivity index (χ4v) is 1.98. The van der Waals surface area contributed by atoms with E-state index in [9.17, 15) is 4.79 Å². The monoisotopic (exact) mass is 253 g/mol. The number of benzene rings is 1. The lowest BCUT2D eigenvalue weighted by Gasteiger charge is -2.05. The van der Waals surface area contributed by atoms with Gasteiger partial charge in [0.05, 0.1) is 18.4 Å². The summed E-state index contributed by atoms with van der Waals surface area (Å²) >= 11 is 0. The molecule has 0 N–H and O–H groups in total. The van der Waals surface area contributed by atoms with Gasteiger partial charge in [0.1, 0.15) is 0 Å². The Morgan fingerprint density at radius 3 is 2.79 bits per heavy atom. The summed E-state index contributed by atoms with van der Waals surface area (Å²) in [6.45, 7) is 0. The van der Waals surface area contributed by atoms with Gasteiger partial charge in [0.2, 0.25) is 0 Å². The van der Waals surface area contributed by atoms with Crippen molar-refractivity contribution in [3.8, 4) is 17.0 Å². The number of fused-ring (bicyclic) bond motifs is 1. The Morgan fingerprint density at radius 2 is 2.05 bits per heavy atom. The van der Waals surface area contributed by atoms with Gasteiger partial charge in [-0.3, -0.25) is 4.98 Å². The summed E-state index contributed by atoms with van der Waals surface area (Å²) in [5, 5.41) is 0.805. The molecule has 2 heterocycles. The van der Waals surface area contributed by atoms with E-state index in [0.717, 1.165) is 5.39 Å². The van der Waals surface area contributed by atoms with Gasteiger partial charge in [-0.2, -0.15) is 0 Å². The van der Waals surface area contributed by atoms with Gasteiger partial charge in [-0.15, -0.1) is 0 Å². The summed E-state index contributed by atoms with van der Waals surface area (Å²) in [6, 6.07) is 12.7. The van der Waals surface area contributed by atoms with E-state index in [0.29, 0.717) is 22.6 Å². The Bertz CT molecular complexity index is 778. The first-order valence-electron chi connectivity index (χ1n) is 5.82. The summed E-state index contributed by atoms with van der Waals surface area (Å²) in [7, 11) is 1.54. The van der Waals surface area contributed by atoms with E-state index >= 15 is 0 Å². The van der Waals surface area contributed by atoms with Gasteiger partial charge in [0.15, 0.2) is 11.3 Å². The van der Waals surface area contributed by atoms with Crippen LogP contribution in [-0.2, 0) is 0 Å². The van der Waals surface area contributed by atoms with Crippen LogP contribution in [0.5, 0.6) is 5.75 Å². The molecule has 0 fully saturated rings. The molecule has 0 aliphatic carbocycles. The maximum Gasteiger partial charge on any atom is 0.345 e. The van der Waals surface area contributed by atoms with Crippen molar-refractivity contribution >= 4 is 11.0 Å². The van der Waals surface area contributed by atoms with Crippen molar-refractivity contribution < 1.29 is 9.15 Å². The quantitative estimate of drug-likeness (QED) is 0.659. The molecule has 3 rings (SSSR count). The van der Waals surface area contributed by atoms with Crippen LogP contribution >= 0.6 is 0 Å². The van der Waals surface area contributed by atoms with E-state index < -0.39 is 5.63 Å². The number of methoxy groups -OCH3 is 1. The molecule has 2 aromatic heterocycles. The lowest BCUT2D eigenvalue weighted by Crippen LogP contribution is -2.04. The van der Waals surface area contributed by atoms with Crippen LogP contribution in [0.2, 0.25) is 0 Å². The van der Waals surface area contributed by atoms with Gasteiger partial charge in [-0.05, 0) is 24.3 Å². The Morgan fingerprint density at radius 1 is 1.16 bits per heavy atom. The second-order valence-electron chi connectivity index (χ2n) is 4.04. The van der Waals surface area contributed by atoms with Crippen LogP contribution in [0.1, 0.15) is 0 Å². The van der Waals surface area contributed by atoms with E-state index in [1.165, 1.54) is 0 Å². The molecule has 19 heavy (non-hydrogen) atoms. The summed E-state index contributed by atoms with van der Waals surface area (Å²) in [6.07, 6.45) is 1.64. The molecule has 0 aliphatic heterocycles.